The summed E-state index contributed by atoms with van der Waals surface area (Å²) in [6.07, 6.45) is 3.53. The molecular formula is C27H22N4O2. The van der Waals surface area contributed by atoms with Crippen LogP contribution in [0.25, 0.3) is 16.9 Å². The van der Waals surface area contributed by atoms with Crippen molar-refractivity contribution in [3.63, 3.8) is 0 Å². The van der Waals surface area contributed by atoms with Crippen LogP contribution in [0.5, 0.6) is 5.75 Å². The number of carbonyl (C=O) groups excluding carboxylic acids is 1. The van der Waals surface area contributed by atoms with E-state index in [1.807, 2.05) is 83.4 Å². The van der Waals surface area contributed by atoms with Crippen LogP contribution in [0.15, 0.2) is 104 Å². The first-order chi connectivity index (χ1) is 16.3. The van der Waals surface area contributed by atoms with Crippen LogP contribution in [0.3, 0.4) is 0 Å². The van der Waals surface area contributed by atoms with Gasteiger partial charge in [0.05, 0.1) is 11.0 Å². The van der Waals surface area contributed by atoms with Gasteiger partial charge in [0.1, 0.15) is 24.5 Å². The number of para-hydroxylation sites is 2. The van der Waals surface area contributed by atoms with E-state index in [2.05, 4.69) is 15.3 Å². The highest BCUT2D eigenvalue weighted by Crippen LogP contribution is 2.17. The number of imidazole rings is 1. The van der Waals surface area contributed by atoms with Gasteiger partial charge in [-0.3, -0.25) is 9.36 Å². The van der Waals surface area contributed by atoms with Crippen LogP contribution >= 0.6 is 0 Å². The van der Waals surface area contributed by atoms with E-state index in [9.17, 15) is 4.79 Å². The van der Waals surface area contributed by atoms with Crippen molar-refractivity contribution in [3.05, 3.63) is 120 Å². The molecule has 2 aromatic heterocycles. The molecule has 33 heavy (non-hydrogen) atoms. The van der Waals surface area contributed by atoms with Gasteiger partial charge in [0.25, 0.3) is 5.91 Å². The molecule has 0 fully saturated rings. The third kappa shape index (κ3) is 4.75. The predicted molar refractivity (Wildman–Crippen MR) is 127 cm³/mol. The number of ether oxygens (including phenoxy) is 1. The molecule has 1 amide bonds. The maximum Gasteiger partial charge on any atom is 0.251 e. The zero-order chi connectivity index (χ0) is 22.5. The lowest BCUT2D eigenvalue weighted by atomic mass is 10.2. The van der Waals surface area contributed by atoms with Crippen LogP contribution < -0.4 is 10.1 Å². The van der Waals surface area contributed by atoms with Crippen molar-refractivity contribution in [2.75, 3.05) is 0 Å². The number of pyridine rings is 1. The fraction of sp³-hybridized carbons (Fsp3) is 0.0741. The monoisotopic (exact) mass is 434 g/mol. The summed E-state index contributed by atoms with van der Waals surface area (Å²) in [6, 6.07) is 28.9. The van der Waals surface area contributed by atoms with Gasteiger partial charge in [-0.2, -0.15) is 0 Å². The van der Waals surface area contributed by atoms with Crippen molar-refractivity contribution in [2.24, 2.45) is 0 Å². The van der Waals surface area contributed by atoms with Gasteiger partial charge >= 0.3 is 0 Å². The molecule has 5 aromatic rings. The fourth-order valence-electron chi connectivity index (χ4n) is 3.53. The van der Waals surface area contributed by atoms with Crippen molar-refractivity contribution < 1.29 is 9.53 Å². The highest BCUT2D eigenvalue weighted by molar-refractivity contribution is 5.94. The average Bonchev–Trinajstić information content (AvgIpc) is 3.31. The molecule has 1 N–H and O–H groups in total. The molecule has 5 rings (SSSR count). The molecule has 0 aliphatic carbocycles. The Morgan fingerprint density at radius 2 is 1.61 bits per heavy atom. The van der Waals surface area contributed by atoms with Gasteiger partial charge in [-0.05, 0) is 53.6 Å². The molecule has 6 nitrogen and oxygen atoms in total. The van der Waals surface area contributed by atoms with E-state index in [4.69, 9.17) is 4.74 Å². The number of benzene rings is 3. The third-order valence-electron chi connectivity index (χ3n) is 5.33. The Hall–Kier alpha value is -4.45. The Kier molecular flexibility index (Phi) is 5.80. The van der Waals surface area contributed by atoms with E-state index in [0.717, 1.165) is 33.7 Å². The standard InChI is InChI=1S/C27H22N4O2/c32-27(22-11-13-23(14-12-22)33-18-20-6-2-1-3-7-20)29-17-21-10-15-26(28-16-21)31-19-30-24-8-4-5-9-25(24)31/h1-16,19H,17-18H2,(H,29,32). The summed E-state index contributed by atoms with van der Waals surface area (Å²) in [7, 11) is 0. The second-order valence-electron chi connectivity index (χ2n) is 7.61. The molecule has 0 atom stereocenters. The topological polar surface area (TPSA) is 69.0 Å². The van der Waals surface area contributed by atoms with Gasteiger partial charge in [-0.15, -0.1) is 0 Å². The van der Waals surface area contributed by atoms with E-state index >= 15 is 0 Å². The number of nitrogens with zero attached hydrogens (tertiary/aromatic N) is 3. The minimum absolute atomic E-state index is 0.144. The minimum Gasteiger partial charge on any atom is -0.489 e. The Morgan fingerprint density at radius 1 is 0.818 bits per heavy atom. The van der Waals surface area contributed by atoms with Crippen molar-refractivity contribution in [2.45, 2.75) is 13.2 Å². The first-order valence-corrected chi connectivity index (χ1v) is 10.7. The Morgan fingerprint density at radius 3 is 2.39 bits per heavy atom. The highest BCUT2D eigenvalue weighted by Gasteiger charge is 2.08. The molecule has 0 unspecified atom stereocenters. The molecular weight excluding hydrogens is 412 g/mol. The molecule has 6 heteroatoms. The van der Waals surface area contributed by atoms with Crippen LogP contribution in [-0.2, 0) is 13.2 Å². The molecule has 0 saturated heterocycles. The Balaban J connectivity index is 1.17. The smallest absolute Gasteiger partial charge is 0.251 e. The van der Waals surface area contributed by atoms with Crippen molar-refractivity contribution in [1.29, 1.82) is 0 Å². The Labute approximate surface area is 191 Å². The molecule has 0 radical (unpaired) electrons. The number of nitrogens with one attached hydrogen (secondary N) is 1. The lowest BCUT2D eigenvalue weighted by Gasteiger charge is -2.09. The zero-order valence-corrected chi connectivity index (χ0v) is 17.9. The summed E-state index contributed by atoms with van der Waals surface area (Å²) in [4.78, 5) is 21.5. The van der Waals surface area contributed by atoms with Gasteiger partial charge in [0.15, 0.2) is 0 Å². The number of amides is 1. The number of aromatic nitrogens is 3. The number of hydrogen-bond donors (Lipinski definition) is 1. The van der Waals surface area contributed by atoms with Gasteiger partial charge in [-0.25, -0.2) is 9.97 Å². The molecule has 0 spiro atoms. The maximum absolute atomic E-state index is 12.5. The zero-order valence-electron chi connectivity index (χ0n) is 17.9. The number of carbonyl (C=O) groups is 1. The Bertz CT molecular complexity index is 1360. The van der Waals surface area contributed by atoms with Crippen LogP contribution in [0.1, 0.15) is 21.5 Å². The van der Waals surface area contributed by atoms with E-state index in [1.165, 1.54) is 0 Å². The summed E-state index contributed by atoms with van der Waals surface area (Å²) in [6.45, 7) is 0.882. The lowest BCUT2D eigenvalue weighted by Crippen LogP contribution is -2.22. The number of hydrogen-bond acceptors (Lipinski definition) is 4. The van der Waals surface area contributed by atoms with Crippen molar-refractivity contribution in [3.8, 4) is 11.6 Å². The van der Waals surface area contributed by atoms with E-state index in [1.54, 1.807) is 24.7 Å². The minimum atomic E-state index is -0.144. The van der Waals surface area contributed by atoms with Gasteiger partial charge in [0, 0.05) is 18.3 Å². The summed E-state index contributed by atoms with van der Waals surface area (Å²) in [5.74, 6) is 1.36. The predicted octanol–water partition coefficient (Wildman–Crippen LogP) is 4.93. The van der Waals surface area contributed by atoms with Gasteiger partial charge < -0.3 is 10.1 Å². The van der Waals surface area contributed by atoms with E-state index in [-0.39, 0.29) is 5.91 Å². The van der Waals surface area contributed by atoms with Gasteiger partial charge in [0.2, 0.25) is 0 Å². The van der Waals surface area contributed by atoms with Crippen LogP contribution in [0, 0.1) is 0 Å². The second-order valence-corrected chi connectivity index (χ2v) is 7.61. The molecule has 0 aliphatic rings. The summed E-state index contributed by atoms with van der Waals surface area (Å²) in [5.41, 5.74) is 4.52. The molecule has 0 bridgehead atoms. The number of fused-ring (bicyclic) bond motifs is 1. The lowest BCUT2D eigenvalue weighted by molar-refractivity contribution is 0.0951. The van der Waals surface area contributed by atoms with Crippen LogP contribution in [0.2, 0.25) is 0 Å². The van der Waals surface area contributed by atoms with Crippen LogP contribution in [-0.4, -0.2) is 20.4 Å². The van der Waals surface area contributed by atoms with Crippen molar-refractivity contribution >= 4 is 16.9 Å². The molecule has 0 saturated carbocycles. The SMILES string of the molecule is O=C(NCc1ccc(-n2cnc3ccccc32)nc1)c1ccc(OCc2ccccc2)cc1. The summed E-state index contributed by atoms with van der Waals surface area (Å²) < 4.78 is 7.72. The summed E-state index contributed by atoms with van der Waals surface area (Å²) >= 11 is 0. The van der Waals surface area contributed by atoms with Crippen LogP contribution in [0.4, 0.5) is 0 Å². The molecule has 162 valence electrons. The average molecular weight is 434 g/mol. The molecule has 0 aliphatic heterocycles. The normalized spacial score (nSPS) is 10.8. The van der Waals surface area contributed by atoms with E-state index in [0.29, 0.717) is 18.7 Å². The van der Waals surface area contributed by atoms with Crippen molar-refractivity contribution in [1.82, 2.24) is 19.9 Å². The van der Waals surface area contributed by atoms with E-state index < -0.39 is 0 Å². The largest absolute Gasteiger partial charge is 0.489 e. The first-order valence-electron chi connectivity index (χ1n) is 10.7. The molecule has 2 heterocycles. The number of rotatable bonds is 7. The second kappa shape index (κ2) is 9.36. The van der Waals surface area contributed by atoms with Gasteiger partial charge in [-0.1, -0.05) is 48.5 Å². The first kappa shape index (κ1) is 20.5. The maximum atomic E-state index is 12.5. The quantitative estimate of drug-likeness (QED) is 0.394. The summed E-state index contributed by atoms with van der Waals surface area (Å²) in [5, 5.41) is 2.94. The molecule has 3 aromatic carbocycles. The third-order valence-corrected chi connectivity index (χ3v) is 5.33. The highest BCUT2D eigenvalue weighted by atomic mass is 16.5. The fourth-order valence-corrected chi connectivity index (χ4v) is 3.53.